The molecule has 0 saturated carbocycles. The van der Waals surface area contributed by atoms with Crippen LogP contribution >= 0.6 is 0 Å². The van der Waals surface area contributed by atoms with Gasteiger partial charge in [0.25, 0.3) is 5.91 Å². The number of nitrogens with zero attached hydrogens (tertiary/aromatic N) is 4. The van der Waals surface area contributed by atoms with E-state index in [1.807, 2.05) is 42.3 Å². The van der Waals surface area contributed by atoms with Gasteiger partial charge in [-0.15, -0.1) is 0 Å². The lowest BCUT2D eigenvalue weighted by molar-refractivity contribution is -0.134. The Kier molecular flexibility index (Phi) is 5.53. The fourth-order valence-electron chi connectivity index (χ4n) is 4.14. The summed E-state index contributed by atoms with van der Waals surface area (Å²) in [7, 11) is 3.42. The summed E-state index contributed by atoms with van der Waals surface area (Å²) in [6.07, 6.45) is 6.70. The number of benzene rings is 1. The summed E-state index contributed by atoms with van der Waals surface area (Å²) in [6.45, 7) is 2.52. The van der Waals surface area contributed by atoms with Crippen LogP contribution in [-0.4, -0.2) is 57.2 Å². The average Bonchev–Trinajstić information content (AvgIpc) is 3.16. The summed E-state index contributed by atoms with van der Waals surface area (Å²) >= 11 is 0. The molecular weight excluding hydrogens is 378 g/mol. The van der Waals surface area contributed by atoms with Gasteiger partial charge in [-0.05, 0) is 37.8 Å². The first kappa shape index (κ1) is 20.1. The number of aromatic nitrogens is 3. The Hall–Kier alpha value is -3.22. The smallest absolute Gasteiger partial charge is 0.256 e. The van der Waals surface area contributed by atoms with Gasteiger partial charge in [-0.1, -0.05) is 18.2 Å². The number of piperidine rings is 1. The first-order valence-electron chi connectivity index (χ1n) is 10.4. The Morgan fingerprint density at radius 1 is 1.23 bits per heavy atom. The van der Waals surface area contributed by atoms with Crippen LogP contribution in [0.25, 0.3) is 10.9 Å². The molecule has 0 bridgehead atoms. The van der Waals surface area contributed by atoms with Gasteiger partial charge < -0.3 is 14.8 Å². The molecule has 4 rings (SSSR count). The molecule has 1 atom stereocenters. The topological polar surface area (TPSA) is 82.2 Å². The molecule has 2 amide bonds. The number of aryl methyl sites for hydroxylation is 1. The highest BCUT2D eigenvalue weighted by molar-refractivity contribution is 5.94. The van der Waals surface area contributed by atoms with Gasteiger partial charge in [-0.2, -0.15) is 0 Å². The predicted molar refractivity (Wildman–Crippen MR) is 115 cm³/mol. The van der Waals surface area contributed by atoms with E-state index in [-0.39, 0.29) is 17.9 Å². The van der Waals surface area contributed by atoms with Gasteiger partial charge in [0, 0.05) is 43.9 Å². The molecular formula is C23H27N5O2. The van der Waals surface area contributed by atoms with Gasteiger partial charge >= 0.3 is 0 Å². The number of fused-ring (bicyclic) bond motifs is 1. The number of nitrogens with one attached hydrogen (secondary N) is 1. The van der Waals surface area contributed by atoms with Crippen LogP contribution in [0.4, 0.5) is 0 Å². The highest BCUT2D eigenvalue weighted by Crippen LogP contribution is 2.30. The molecule has 7 heteroatoms. The Balaban J connectivity index is 1.58. The average molecular weight is 406 g/mol. The Morgan fingerprint density at radius 2 is 2.03 bits per heavy atom. The molecule has 1 aromatic carbocycles. The number of para-hydroxylation sites is 1. The van der Waals surface area contributed by atoms with Gasteiger partial charge in [0.05, 0.1) is 23.7 Å². The van der Waals surface area contributed by atoms with E-state index in [1.54, 1.807) is 20.3 Å². The standard InChI is InChI=1S/C23H27N5O2/c1-15-18(23(30)27(2)3)14-25-22(26-15)20-10-6-7-11-28(20)21(29)12-16-13-24-19-9-5-4-8-17(16)19/h4-5,8-9,13-14,20,24H,6-7,10-12H2,1-3H3/t20-/m1/s1. The second kappa shape index (κ2) is 8.26. The minimum atomic E-state index is -0.154. The van der Waals surface area contributed by atoms with Crippen molar-refractivity contribution in [2.24, 2.45) is 0 Å². The van der Waals surface area contributed by atoms with Crippen LogP contribution in [0, 0.1) is 6.92 Å². The number of amides is 2. The summed E-state index contributed by atoms with van der Waals surface area (Å²) in [4.78, 5) is 41.3. The van der Waals surface area contributed by atoms with E-state index in [2.05, 4.69) is 15.0 Å². The van der Waals surface area contributed by atoms with Crippen molar-refractivity contribution in [3.05, 3.63) is 59.3 Å². The third-order valence-corrected chi connectivity index (χ3v) is 5.77. The molecule has 1 aliphatic heterocycles. The maximum atomic E-state index is 13.2. The zero-order chi connectivity index (χ0) is 21.3. The van der Waals surface area contributed by atoms with Gasteiger partial charge in [0.2, 0.25) is 5.91 Å². The second-order valence-corrected chi connectivity index (χ2v) is 8.06. The van der Waals surface area contributed by atoms with Crippen molar-refractivity contribution in [3.8, 4) is 0 Å². The van der Waals surface area contributed by atoms with Crippen molar-refractivity contribution in [2.45, 2.75) is 38.6 Å². The van der Waals surface area contributed by atoms with Crippen LogP contribution in [0.5, 0.6) is 0 Å². The molecule has 7 nitrogen and oxygen atoms in total. The molecule has 2 aromatic heterocycles. The summed E-state index contributed by atoms with van der Waals surface area (Å²) in [5, 5.41) is 1.08. The molecule has 0 spiro atoms. The Labute approximate surface area is 176 Å². The van der Waals surface area contributed by atoms with Crippen LogP contribution < -0.4 is 0 Å². The largest absolute Gasteiger partial charge is 0.361 e. The van der Waals surface area contributed by atoms with Crippen molar-refractivity contribution >= 4 is 22.7 Å². The van der Waals surface area contributed by atoms with E-state index in [1.165, 1.54) is 4.90 Å². The quantitative estimate of drug-likeness (QED) is 0.722. The van der Waals surface area contributed by atoms with Crippen molar-refractivity contribution < 1.29 is 9.59 Å². The van der Waals surface area contributed by atoms with E-state index in [0.717, 1.165) is 35.7 Å². The first-order valence-corrected chi connectivity index (χ1v) is 10.4. The van der Waals surface area contributed by atoms with Crippen LogP contribution in [-0.2, 0) is 11.2 Å². The number of aromatic amines is 1. The number of likely N-dealkylation sites (tertiary alicyclic amines) is 1. The molecule has 1 aliphatic rings. The number of carbonyl (C=O) groups is 2. The van der Waals surface area contributed by atoms with Gasteiger partial charge in [-0.3, -0.25) is 9.59 Å². The molecule has 1 fully saturated rings. The lowest BCUT2D eigenvalue weighted by Gasteiger charge is -2.35. The maximum absolute atomic E-state index is 13.2. The van der Waals surface area contributed by atoms with Crippen molar-refractivity contribution in [3.63, 3.8) is 0 Å². The van der Waals surface area contributed by atoms with Crippen molar-refractivity contribution in [1.29, 1.82) is 0 Å². The highest BCUT2D eigenvalue weighted by atomic mass is 16.2. The molecule has 0 unspecified atom stereocenters. The highest BCUT2D eigenvalue weighted by Gasteiger charge is 2.31. The van der Waals surface area contributed by atoms with E-state index in [4.69, 9.17) is 0 Å². The lowest BCUT2D eigenvalue weighted by atomic mass is 9.99. The monoisotopic (exact) mass is 405 g/mol. The number of H-pyrrole nitrogens is 1. The summed E-state index contributed by atoms with van der Waals surface area (Å²) < 4.78 is 0. The molecule has 3 heterocycles. The lowest BCUT2D eigenvalue weighted by Crippen LogP contribution is -2.40. The van der Waals surface area contributed by atoms with Gasteiger partial charge in [0.15, 0.2) is 5.82 Å². The van der Waals surface area contributed by atoms with E-state index >= 15 is 0 Å². The Morgan fingerprint density at radius 3 is 2.80 bits per heavy atom. The van der Waals surface area contributed by atoms with Crippen LogP contribution in [0.15, 0.2) is 36.7 Å². The first-order chi connectivity index (χ1) is 14.5. The minimum Gasteiger partial charge on any atom is -0.361 e. The third kappa shape index (κ3) is 3.79. The number of carbonyl (C=O) groups excluding carboxylic acids is 2. The fraction of sp³-hybridized carbons (Fsp3) is 0.391. The summed E-state index contributed by atoms with van der Waals surface area (Å²) in [5.74, 6) is 0.587. The minimum absolute atomic E-state index is 0.0825. The van der Waals surface area contributed by atoms with E-state index < -0.39 is 0 Å². The molecule has 3 aromatic rings. The zero-order valence-electron chi connectivity index (χ0n) is 17.7. The normalized spacial score (nSPS) is 16.6. The molecule has 0 aliphatic carbocycles. The Bertz CT molecular complexity index is 1090. The van der Waals surface area contributed by atoms with Crippen LogP contribution in [0.1, 0.15) is 52.7 Å². The van der Waals surface area contributed by atoms with E-state index in [0.29, 0.717) is 30.0 Å². The molecule has 30 heavy (non-hydrogen) atoms. The maximum Gasteiger partial charge on any atom is 0.256 e. The van der Waals surface area contributed by atoms with Crippen molar-refractivity contribution in [1.82, 2.24) is 24.8 Å². The van der Waals surface area contributed by atoms with Crippen LogP contribution in [0.2, 0.25) is 0 Å². The molecule has 0 radical (unpaired) electrons. The van der Waals surface area contributed by atoms with Crippen LogP contribution in [0.3, 0.4) is 0 Å². The zero-order valence-corrected chi connectivity index (χ0v) is 17.7. The molecule has 1 N–H and O–H groups in total. The second-order valence-electron chi connectivity index (χ2n) is 8.06. The van der Waals surface area contributed by atoms with E-state index in [9.17, 15) is 9.59 Å². The number of hydrogen-bond acceptors (Lipinski definition) is 4. The van der Waals surface area contributed by atoms with Crippen molar-refractivity contribution in [2.75, 3.05) is 20.6 Å². The van der Waals surface area contributed by atoms with Gasteiger partial charge in [0.1, 0.15) is 0 Å². The molecule has 156 valence electrons. The summed E-state index contributed by atoms with van der Waals surface area (Å²) in [5.41, 5.74) is 3.18. The SMILES string of the molecule is Cc1nc([C@H]2CCCCN2C(=O)Cc2c[nH]c3ccccc23)ncc1C(=O)N(C)C. The van der Waals surface area contributed by atoms with Gasteiger partial charge in [-0.25, -0.2) is 9.97 Å². The fourth-order valence-corrected chi connectivity index (χ4v) is 4.14. The predicted octanol–water partition coefficient (Wildman–Crippen LogP) is 3.26. The molecule has 1 saturated heterocycles. The summed E-state index contributed by atoms with van der Waals surface area (Å²) in [6, 6.07) is 7.87. The third-order valence-electron chi connectivity index (χ3n) is 5.77. The number of hydrogen-bond donors (Lipinski definition) is 1. The number of rotatable bonds is 4.